The highest BCUT2D eigenvalue weighted by Gasteiger charge is 2.45. The van der Waals surface area contributed by atoms with Crippen molar-refractivity contribution in [3.8, 4) is 0 Å². The summed E-state index contributed by atoms with van der Waals surface area (Å²) < 4.78 is 13.7. The summed E-state index contributed by atoms with van der Waals surface area (Å²) in [5.74, 6) is -1.44. The van der Waals surface area contributed by atoms with Gasteiger partial charge in [0, 0.05) is 59.3 Å². The quantitative estimate of drug-likeness (QED) is 0.204. The number of aliphatic hydroxyl groups is 1. The molecule has 0 aliphatic carbocycles. The van der Waals surface area contributed by atoms with Crippen molar-refractivity contribution in [1.82, 2.24) is 10.2 Å². The first-order valence-corrected chi connectivity index (χ1v) is 16.2. The molecule has 1 saturated heterocycles. The number of anilines is 1. The van der Waals surface area contributed by atoms with Crippen molar-refractivity contribution in [3.63, 3.8) is 0 Å². The maximum absolute atomic E-state index is 14.3. The Kier molecular flexibility index (Phi) is 10.7. The Hall–Kier alpha value is -3.14. The van der Waals surface area contributed by atoms with Gasteiger partial charge in [-0.1, -0.05) is 46.9 Å². The number of benzene rings is 3. The van der Waals surface area contributed by atoms with Crippen LogP contribution in [0.5, 0.6) is 0 Å². The number of hydrogen-bond acceptors (Lipinski definition) is 5. The Balaban J connectivity index is 1.42. The molecule has 1 fully saturated rings. The molecule has 0 saturated carbocycles. The third kappa shape index (κ3) is 7.47. The zero-order valence-corrected chi connectivity index (χ0v) is 27.0. The second-order valence-corrected chi connectivity index (χ2v) is 12.9. The van der Waals surface area contributed by atoms with Gasteiger partial charge in [0.1, 0.15) is 11.4 Å². The van der Waals surface area contributed by atoms with Crippen LogP contribution in [0.25, 0.3) is 5.70 Å². The Morgan fingerprint density at radius 3 is 2.33 bits per heavy atom. The van der Waals surface area contributed by atoms with Crippen LogP contribution in [0.1, 0.15) is 43.2 Å². The highest BCUT2D eigenvalue weighted by atomic mass is 35.5. The van der Waals surface area contributed by atoms with E-state index >= 15 is 0 Å². The lowest BCUT2D eigenvalue weighted by molar-refractivity contribution is -0.139. The average molecular weight is 674 g/mol. The first kappa shape index (κ1) is 33.2. The smallest absolute Gasteiger partial charge is 0.237 e. The number of hydrogen-bond donors (Lipinski definition) is 3. The van der Waals surface area contributed by atoms with E-state index in [1.807, 2.05) is 36.4 Å². The molecule has 2 atom stereocenters. The monoisotopic (exact) mass is 672 g/mol. The van der Waals surface area contributed by atoms with Crippen LogP contribution < -0.4 is 16.0 Å². The summed E-state index contributed by atoms with van der Waals surface area (Å²) in [6.45, 7) is 0.973. The van der Waals surface area contributed by atoms with Crippen LogP contribution >= 0.6 is 34.8 Å². The van der Waals surface area contributed by atoms with Crippen LogP contribution in [0.3, 0.4) is 0 Å². The lowest BCUT2D eigenvalue weighted by Crippen LogP contribution is -2.61. The number of nitrogens with one attached hydrogen (secondary N) is 1. The second kappa shape index (κ2) is 14.5. The van der Waals surface area contributed by atoms with E-state index in [2.05, 4.69) is 10.2 Å². The fraction of sp³-hybridized carbons (Fsp3) is 0.353. The lowest BCUT2D eigenvalue weighted by atomic mass is 9.85. The number of likely N-dealkylation sites (tertiary alicyclic amines) is 1. The van der Waals surface area contributed by atoms with Gasteiger partial charge in [0.05, 0.1) is 10.9 Å². The highest BCUT2D eigenvalue weighted by Crippen LogP contribution is 2.43. The average Bonchev–Trinajstić information content (AvgIpc) is 3.39. The minimum Gasteiger partial charge on any atom is -0.396 e. The number of halogens is 4. The predicted octanol–water partition coefficient (Wildman–Crippen LogP) is 6.43. The van der Waals surface area contributed by atoms with E-state index in [-0.39, 0.29) is 30.9 Å². The fourth-order valence-corrected chi connectivity index (χ4v) is 6.94. The molecule has 2 aliphatic heterocycles. The molecule has 0 aromatic heterocycles. The summed E-state index contributed by atoms with van der Waals surface area (Å²) in [5, 5.41) is 14.4. The first-order chi connectivity index (χ1) is 21.6. The van der Waals surface area contributed by atoms with E-state index in [0.717, 1.165) is 16.9 Å². The summed E-state index contributed by atoms with van der Waals surface area (Å²) in [6, 6.07) is 18.7. The van der Waals surface area contributed by atoms with Gasteiger partial charge in [0.15, 0.2) is 0 Å². The minimum absolute atomic E-state index is 0.0551. The zero-order valence-electron chi connectivity index (χ0n) is 24.7. The Morgan fingerprint density at radius 2 is 1.69 bits per heavy atom. The van der Waals surface area contributed by atoms with Crippen molar-refractivity contribution in [2.24, 2.45) is 11.7 Å². The molecule has 11 heteroatoms. The summed E-state index contributed by atoms with van der Waals surface area (Å²) in [5.41, 5.74) is 7.94. The van der Waals surface area contributed by atoms with E-state index in [1.165, 1.54) is 12.1 Å². The van der Waals surface area contributed by atoms with Crippen molar-refractivity contribution < 1.29 is 19.1 Å². The van der Waals surface area contributed by atoms with Crippen molar-refractivity contribution in [1.29, 1.82) is 0 Å². The number of aliphatic hydroxyl groups excluding tert-OH is 1. The highest BCUT2D eigenvalue weighted by molar-refractivity contribution is 6.36. The molecule has 3 aromatic carbocycles. The molecule has 4 N–H and O–H groups in total. The molecule has 238 valence electrons. The van der Waals surface area contributed by atoms with Gasteiger partial charge in [-0.15, -0.1) is 0 Å². The maximum atomic E-state index is 14.3. The van der Waals surface area contributed by atoms with Crippen LogP contribution in [0.4, 0.5) is 10.1 Å². The van der Waals surface area contributed by atoms with Crippen LogP contribution in [-0.2, 0) is 16.1 Å². The second-order valence-electron chi connectivity index (χ2n) is 11.6. The van der Waals surface area contributed by atoms with Gasteiger partial charge in [-0.05, 0) is 98.3 Å². The molecule has 45 heavy (non-hydrogen) atoms. The van der Waals surface area contributed by atoms with Crippen molar-refractivity contribution in [2.75, 3.05) is 24.6 Å². The minimum atomic E-state index is -1.02. The van der Waals surface area contributed by atoms with E-state index in [9.17, 15) is 19.1 Å². The van der Waals surface area contributed by atoms with Gasteiger partial charge in [-0.2, -0.15) is 0 Å². The molecule has 0 radical (unpaired) electrons. The SMILES string of the molecule is NC(=O)C1(NCc2cccc(F)c2)CCN(C(=O)C2C=C(c3ccc(Cl)cc3Cl)N(c3ccc(Cl)cc3)C2CCCCO)CC1. The van der Waals surface area contributed by atoms with E-state index < -0.39 is 17.4 Å². The number of primary amides is 1. The standard InChI is InChI=1S/C34H36Cl3FN4O3/c35-23-7-10-26(11-8-23)42-30(6-1-2-17-43)28(20-31(42)27-12-9-24(36)19-29(27)37)32(44)41-15-13-34(14-16-41,33(39)45)40-21-22-4-3-5-25(38)18-22/h3-5,7-12,18-20,28,30,40,43H,1-2,6,13-17,21H2,(H2,39,45). The Morgan fingerprint density at radius 1 is 0.978 bits per heavy atom. The summed E-state index contributed by atoms with van der Waals surface area (Å²) >= 11 is 19.2. The number of piperidine rings is 1. The number of rotatable bonds is 11. The first-order valence-electron chi connectivity index (χ1n) is 15.0. The lowest BCUT2D eigenvalue weighted by Gasteiger charge is -2.42. The molecule has 0 spiro atoms. The van der Waals surface area contributed by atoms with Crippen LogP contribution in [0.15, 0.2) is 72.8 Å². The van der Waals surface area contributed by atoms with Gasteiger partial charge in [-0.3, -0.25) is 14.9 Å². The van der Waals surface area contributed by atoms with Crippen molar-refractivity contribution >= 4 is 58.0 Å². The van der Waals surface area contributed by atoms with E-state index in [4.69, 9.17) is 40.5 Å². The van der Waals surface area contributed by atoms with Gasteiger partial charge in [-0.25, -0.2) is 4.39 Å². The summed E-state index contributed by atoms with van der Waals surface area (Å²) in [6.07, 6.45) is 4.56. The molecule has 3 aromatic rings. The molecule has 7 nitrogen and oxygen atoms in total. The largest absolute Gasteiger partial charge is 0.396 e. The predicted molar refractivity (Wildman–Crippen MR) is 178 cm³/mol. The van der Waals surface area contributed by atoms with Crippen molar-refractivity contribution in [2.45, 2.75) is 50.2 Å². The molecular formula is C34H36Cl3FN4O3. The van der Waals surface area contributed by atoms with Gasteiger partial charge >= 0.3 is 0 Å². The molecule has 2 aliphatic rings. The molecule has 0 bridgehead atoms. The van der Waals surface area contributed by atoms with Crippen molar-refractivity contribution in [3.05, 3.63) is 105 Å². The Labute approximate surface area is 277 Å². The number of carbonyl (C=O) groups excluding carboxylic acids is 2. The third-order valence-corrected chi connectivity index (χ3v) is 9.57. The van der Waals surface area contributed by atoms with Gasteiger partial charge in [0.25, 0.3) is 0 Å². The van der Waals surface area contributed by atoms with Gasteiger partial charge < -0.3 is 20.6 Å². The topological polar surface area (TPSA) is 98.9 Å². The number of amides is 2. The van der Waals surface area contributed by atoms with E-state index in [0.29, 0.717) is 65.8 Å². The molecule has 2 amide bonds. The Bertz CT molecular complexity index is 1560. The molecule has 2 heterocycles. The number of carbonyl (C=O) groups is 2. The maximum Gasteiger partial charge on any atom is 0.237 e. The fourth-order valence-electron chi connectivity index (χ4n) is 6.31. The third-order valence-electron chi connectivity index (χ3n) is 8.77. The van der Waals surface area contributed by atoms with Crippen LogP contribution in [0, 0.1) is 11.7 Å². The van der Waals surface area contributed by atoms with Gasteiger partial charge in [0.2, 0.25) is 11.8 Å². The van der Waals surface area contributed by atoms with Crippen LogP contribution in [-0.4, -0.2) is 53.1 Å². The number of nitrogens with two attached hydrogens (primary N) is 1. The normalized spacial score (nSPS) is 19.4. The zero-order chi connectivity index (χ0) is 32.1. The summed E-state index contributed by atoms with van der Waals surface area (Å²) in [4.78, 5) is 30.9. The summed E-state index contributed by atoms with van der Waals surface area (Å²) in [7, 11) is 0. The van der Waals surface area contributed by atoms with Crippen LogP contribution in [0.2, 0.25) is 15.1 Å². The number of nitrogens with zero attached hydrogens (tertiary/aromatic N) is 2. The molecular weight excluding hydrogens is 638 g/mol. The molecule has 2 unspecified atom stereocenters. The molecule has 5 rings (SSSR count). The van der Waals surface area contributed by atoms with E-state index in [1.54, 1.807) is 29.2 Å². The number of unbranched alkanes of at least 4 members (excludes halogenated alkanes) is 1.